The molecular formula is C14H12FNO3. The van der Waals surface area contributed by atoms with E-state index in [1.165, 1.54) is 18.6 Å². The van der Waals surface area contributed by atoms with Crippen LogP contribution in [0.3, 0.4) is 0 Å². The summed E-state index contributed by atoms with van der Waals surface area (Å²) in [6, 6.07) is 4.44. The fraction of sp³-hybridized carbons (Fsp3) is 0.214. The van der Waals surface area contributed by atoms with Crippen LogP contribution in [0, 0.1) is 5.82 Å². The Morgan fingerprint density at radius 2 is 2.21 bits per heavy atom. The Morgan fingerprint density at radius 1 is 1.37 bits per heavy atom. The summed E-state index contributed by atoms with van der Waals surface area (Å²) in [6.45, 7) is 0. The average Bonchev–Trinajstić information content (AvgIpc) is 2.91. The highest BCUT2D eigenvalue weighted by atomic mass is 19.1. The number of fused-ring (bicyclic) bond motifs is 1. The van der Waals surface area contributed by atoms with E-state index in [2.05, 4.69) is 5.32 Å². The third kappa shape index (κ3) is 2.13. The number of carbonyl (C=O) groups excluding carboxylic acids is 1. The van der Waals surface area contributed by atoms with Crippen molar-refractivity contribution in [1.82, 2.24) is 0 Å². The molecule has 0 spiro atoms. The van der Waals surface area contributed by atoms with E-state index in [4.69, 9.17) is 4.42 Å². The molecule has 0 saturated heterocycles. The van der Waals surface area contributed by atoms with Gasteiger partial charge >= 0.3 is 0 Å². The molecule has 2 heterocycles. The molecule has 5 heteroatoms. The molecule has 0 radical (unpaired) electrons. The van der Waals surface area contributed by atoms with Gasteiger partial charge in [-0.2, -0.15) is 0 Å². The number of nitrogens with one attached hydrogen (secondary N) is 1. The smallest absolute Gasteiger partial charge is 0.224 e. The van der Waals surface area contributed by atoms with Crippen molar-refractivity contribution in [1.29, 1.82) is 0 Å². The maximum atomic E-state index is 14.0. The molecule has 1 aliphatic heterocycles. The number of benzene rings is 1. The number of rotatable bonds is 2. The maximum absolute atomic E-state index is 14.0. The van der Waals surface area contributed by atoms with Gasteiger partial charge in [0.25, 0.3) is 0 Å². The van der Waals surface area contributed by atoms with Crippen LogP contribution < -0.4 is 5.32 Å². The molecule has 1 unspecified atom stereocenters. The lowest BCUT2D eigenvalue weighted by Crippen LogP contribution is -2.20. The topological polar surface area (TPSA) is 62.5 Å². The summed E-state index contributed by atoms with van der Waals surface area (Å²) in [5.74, 6) is -0.662. The van der Waals surface area contributed by atoms with Crippen molar-refractivity contribution < 1.29 is 18.7 Å². The Kier molecular flexibility index (Phi) is 2.83. The summed E-state index contributed by atoms with van der Waals surface area (Å²) in [5.41, 5.74) is 2.01. The van der Waals surface area contributed by atoms with Gasteiger partial charge in [0.2, 0.25) is 5.91 Å². The average molecular weight is 261 g/mol. The number of hydrogen-bond acceptors (Lipinski definition) is 3. The molecule has 1 aromatic heterocycles. The number of halogens is 1. The SMILES string of the molecule is O=C1CCc2cc(C(O)c3ccoc3)c(F)cc2N1. The molecule has 3 rings (SSSR count). The van der Waals surface area contributed by atoms with E-state index >= 15 is 0 Å². The van der Waals surface area contributed by atoms with Gasteiger partial charge in [-0.25, -0.2) is 4.39 Å². The van der Waals surface area contributed by atoms with Gasteiger partial charge in [-0.15, -0.1) is 0 Å². The van der Waals surface area contributed by atoms with E-state index in [9.17, 15) is 14.3 Å². The lowest BCUT2D eigenvalue weighted by molar-refractivity contribution is -0.116. The summed E-state index contributed by atoms with van der Waals surface area (Å²) in [7, 11) is 0. The van der Waals surface area contributed by atoms with Gasteiger partial charge in [-0.3, -0.25) is 4.79 Å². The standard InChI is InChI=1S/C14H12FNO3/c15-11-6-12-8(1-2-13(17)16-12)5-10(11)14(18)9-3-4-19-7-9/h3-7,14,18H,1-2H2,(H,16,17). The van der Waals surface area contributed by atoms with Gasteiger partial charge in [0, 0.05) is 23.2 Å². The molecule has 1 amide bonds. The van der Waals surface area contributed by atoms with E-state index in [1.54, 1.807) is 12.1 Å². The van der Waals surface area contributed by atoms with Crippen molar-refractivity contribution >= 4 is 11.6 Å². The van der Waals surface area contributed by atoms with E-state index in [1.807, 2.05) is 0 Å². The second-order valence-electron chi connectivity index (χ2n) is 4.54. The zero-order valence-electron chi connectivity index (χ0n) is 10.0. The van der Waals surface area contributed by atoms with Gasteiger partial charge in [0.15, 0.2) is 0 Å². The fourth-order valence-corrected chi connectivity index (χ4v) is 2.24. The van der Waals surface area contributed by atoms with Gasteiger partial charge in [0.1, 0.15) is 11.9 Å². The lowest BCUT2D eigenvalue weighted by Gasteiger charge is -2.19. The van der Waals surface area contributed by atoms with Crippen LogP contribution in [0.25, 0.3) is 0 Å². The summed E-state index contributed by atoms with van der Waals surface area (Å²) in [5, 5.41) is 12.8. The van der Waals surface area contributed by atoms with Gasteiger partial charge in [-0.1, -0.05) is 0 Å². The molecule has 2 aromatic rings. The highest BCUT2D eigenvalue weighted by Gasteiger charge is 2.22. The zero-order valence-corrected chi connectivity index (χ0v) is 10.0. The van der Waals surface area contributed by atoms with Crippen LogP contribution >= 0.6 is 0 Å². The summed E-state index contributed by atoms with van der Waals surface area (Å²) in [6.07, 6.45) is 2.66. The Balaban J connectivity index is 2.01. The molecule has 1 aliphatic rings. The normalized spacial score (nSPS) is 15.8. The Labute approximate surface area is 108 Å². The van der Waals surface area contributed by atoms with Gasteiger partial charge in [0.05, 0.1) is 12.5 Å². The minimum Gasteiger partial charge on any atom is -0.472 e. The minimum absolute atomic E-state index is 0.116. The predicted octanol–water partition coefficient (Wildman–Crippen LogP) is 2.39. The Hall–Kier alpha value is -2.14. The third-order valence-electron chi connectivity index (χ3n) is 3.27. The van der Waals surface area contributed by atoms with Crippen molar-refractivity contribution in [2.75, 3.05) is 5.32 Å². The first-order valence-electron chi connectivity index (χ1n) is 5.97. The number of aliphatic hydroxyl groups excluding tert-OH is 1. The molecule has 1 aromatic carbocycles. The zero-order chi connectivity index (χ0) is 13.4. The summed E-state index contributed by atoms with van der Waals surface area (Å²) >= 11 is 0. The van der Waals surface area contributed by atoms with Gasteiger partial charge in [-0.05, 0) is 30.2 Å². The first-order chi connectivity index (χ1) is 9.15. The first-order valence-corrected chi connectivity index (χ1v) is 5.97. The number of aryl methyl sites for hydroxylation is 1. The molecule has 98 valence electrons. The van der Waals surface area contributed by atoms with Crippen molar-refractivity contribution in [3.63, 3.8) is 0 Å². The highest BCUT2D eigenvalue weighted by Crippen LogP contribution is 2.31. The lowest BCUT2D eigenvalue weighted by atomic mass is 9.96. The van der Waals surface area contributed by atoms with Crippen molar-refractivity contribution in [3.8, 4) is 0 Å². The van der Waals surface area contributed by atoms with E-state index in [0.717, 1.165) is 5.56 Å². The monoisotopic (exact) mass is 261 g/mol. The van der Waals surface area contributed by atoms with E-state index in [0.29, 0.717) is 24.1 Å². The van der Waals surface area contributed by atoms with Crippen molar-refractivity contribution in [3.05, 3.63) is 53.2 Å². The van der Waals surface area contributed by atoms with Crippen LogP contribution in [0.2, 0.25) is 0 Å². The molecule has 0 aliphatic carbocycles. The number of anilines is 1. The quantitative estimate of drug-likeness (QED) is 0.872. The molecule has 0 saturated carbocycles. The van der Waals surface area contributed by atoms with E-state index < -0.39 is 11.9 Å². The Morgan fingerprint density at radius 3 is 2.95 bits per heavy atom. The molecule has 4 nitrogen and oxygen atoms in total. The van der Waals surface area contributed by atoms with Crippen LogP contribution in [-0.4, -0.2) is 11.0 Å². The van der Waals surface area contributed by atoms with Gasteiger partial charge < -0.3 is 14.8 Å². The fourth-order valence-electron chi connectivity index (χ4n) is 2.24. The third-order valence-corrected chi connectivity index (χ3v) is 3.27. The van der Waals surface area contributed by atoms with E-state index in [-0.39, 0.29) is 11.5 Å². The summed E-state index contributed by atoms with van der Waals surface area (Å²) < 4.78 is 18.9. The van der Waals surface area contributed by atoms with Crippen LogP contribution in [0.15, 0.2) is 35.1 Å². The second kappa shape index (κ2) is 4.51. The van der Waals surface area contributed by atoms with Crippen molar-refractivity contribution in [2.45, 2.75) is 18.9 Å². The maximum Gasteiger partial charge on any atom is 0.224 e. The summed E-state index contributed by atoms with van der Waals surface area (Å²) in [4.78, 5) is 11.2. The predicted molar refractivity (Wildman–Crippen MR) is 66.1 cm³/mol. The van der Waals surface area contributed by atoms with Crippen LogP contribution in [-0.2, 0) is 11.2 Å². The molecule has 1 atom stereocenters. The number of amides is 1. The second-order valence-corrected chi connectivity index (χ2v) is 4.54. The van der Waals surface area contributed by atoms with Crippen LogP contribution in [0.5, 0.6) is 0 Å². The number of hydrogen-bond donors (Lipinski definition) is 2. The Bertz CT molecular complexity index is 622. The molecule has 0 fully saturated rings. The first kappa shape index (κ1) is 11.9. The molecule has 2 N–H and O–H groups in total. The molecular weight excluding hydrogens is 249 g/mol. The van der Waals surface area contributed by atoms with Crippen LogP contribution in [0.4, 0.5) is 10.1 Å². The molecule has 19 heavy (non-hydrogen) atoms. The van der Waals surface area contributed by atoms with Crippen molar-refractivity contribution in [2.24, 2.45) is 0 Å². The number of aliphatic hydroxyl groups is 1. The number of furan rings is 1. The van der Waals surface area contributed by atoms with Crippen LogP contribution in [0.1, 0.15) is 29.2 Å². The largest absolute Gasteiger partial charge is 0.472 e. The highest BCUT2D eigenvalue weighted by molar-refractivity contribution is 5.93. The minimum atomic E-state index is -1.07. The molecule has 0 bridgehead atoms. The number of carbonyl (C=O) groups is 1.